The van der Waals surface area contributed by atoms with E-state index < -0.39 is 34.2 Å². The molecular weight excluding hydrogens is 409 g/mol. The molecule has 9 nitrogen and oxygen atoms in total. The Morgan fingerprint density at radius 2 is 1.96 bits per heavy atom. The number of rotatable bonds is 7. The van der Waals surface area contributed by atoms with Crippen LogP contribution < -0.4 is 34.7 Å². The number of amides is 1. The summed E-state index contributed by atoms with van der Waals surface area (Å²) in [5.41, 5.74) is 1.40. The van der Waals surface area contributed by atoms with E-state index in [0.717, 1.165) is 5.56 Å². The van der Waals surface area contributed by atoms with Crippen molar-refractivity contribution in [1.29, 1.82) is 0 Å². The Hall–Kier alpha value is -1.17. The summed E-state index contributed by atoms with van der Waals surface area (Å²) in [6.45, 7) is 3.05. The van der Waals surface area contributed by atoms with Crippen LogP contribution in [0, 0.1) is 0 Å². The van der Waals surface area contributed by atoms with Crippen molar-refractivity contribution in [3.05, 3.63) is 34.9 Å². The summed E-state index contributed by atoms with van der Waals surface area (Å²) in [5, 5.41) is 16.2. The molecule has 0 spiro atoms. The van der Waals surface area contributed by atoms with E-state index >= 15 is 0 Å². The Morgan fingerprint density at radius 1 is 1.37 bits per heavy atom. The summed E-state index contributed by atoms with van der Waals surface area (Å²) in [6.07, 6.45) is -0.125. The van der Waals surface area contributed by atoms with Gasteiger partial charge in [0.15, 0.2) is 0 Å². The normalized spacial score (nSPS) is 20.7. The second-order valence-corrected chi connectivity index (χ2v) is 7.31. The number of hydrogen-bond acceptors (Lipinski definition) is 7. The monoisotopic (exact) mass is 425 g/mol. The van der Waals surface area contributed by atoms with Gasteiger partial charge in [-0.15, -0.1) is 0 Å². The van der Waals surface area contributed by atoms with E-state index in [2.05, 4.69) is 10.1 Å². The fourth-order valence-corrected chi connectivity index (χ4v) is 3.31. The van der Waals surface area contributed by atoms with Gasteiger partial charge >= 0.3 is 39.9 Å². The van der Waals surface area contributed by atoms with Gasteiger partial charge in [0.1, 0.15) is 12.6 Å². The smallest absolute Gasteiger partial charge is 0.862 e. The van der Waals surface area contributed by atoms with Crippen LogP contribution in [0.2, 0.25) is 5.02 Å². The predicted molar refractivity (Wildman–Crippen MR) is 93.3 cm³/mol. The molecule has 0 saturated carbocycles. The van der Waals surface area contributed by atoms with Gasteiger partial charge in [0.05, 0.1) is 11.8 Å². The Morgan fingerprint density at radius 3 is 2.48 bits per heavy atom. The minimum Gasteiger partial charge on any atom is -0.862 e. The maximum atomic E-state index is 11.8. The zero-order valence-electron chi connectivity index (χ0n) is 15.0. The predicted octanol–water partition coefficient (Wildman–Crippen LogP) is -2.36. The van der Waals surface area contributed by atoms with Gasteiger partial charge in [-0.05, 0) is 37.4 Å². The molecule has 0 aromatic heterocycles. The number of carbonyl (C=O) groups is 1. The first-order valence-electron chi connectivity index (χ1n) is 7.58. The molecule has 1 aliphatic rings. The molecule has 0 aliphatic carbocycles. The zero-order chi connectivity index (χ0) is 19.5. The van der Waals surface area contributed by atoms with E-state index in [1.165, 1.54) is 6.92 Å². The summed E-state index contributed by atoms with van der Waals surface area (Å²) >= 11 is 5.80. The van der Waals surface area contributed by atoms with E-state index in [0.29, 0.717) is 10.7 Å². The fourth-order valence-electron chi connectivity index (χ4n) is 2.31. The molecule has 1 aliphatic heterocycles. The molecule has 1 aromatic rings. The van der Waals surface area contributed by atoms with E-state index in [4.69, 9.17) is 21.0 Å². The van der Waals surface area contributed by atoms with E-state index in [-0.39, 0.29) is 46.9 Å². The molecule has 1 amide bonds. The van der Waals surface area contributed by atoms with Gasteiger partial charge in [0.2, 0.25) is 0 Å². The minimum absolute atomic E-state index is 0. The number of oxime groups is 1. The van der Waals surface area contributed by atoms with Crippen LogP contribution in [0.3, 0.4) is 0 Å². The van der Waals surface area contributed by atoms with Crippen LogP contribution in [0.4, 0.5) is 0 Å². The van der Waals surface area contributed by atoms with Gasteiger partial charge in [-0.25, -0.2) is 4.31 Å². The maximum Gasteiger partial charge on any atom is 1.00 e. The third-order valence-electron chi connectivity index (χ3n) is 3.70. The third-order valence-corrected chi connectivity index (χ3v) is 4.96. The summed E-state index contributed by atoms with van der Waals surface area (Å²) < 4.78 is 31.1. The standard InChI is InChI=1S/C15H18ClN3O6S.Na/c1-9(11-3-5-12(16)6-4-11)18-25-8-7-13(20)17-14-10(2)19(15(14)21)26(22,23)24;/h3-6,10,14H,7-8H2,1-2H3,(H,17,20)(H,22,23,24);/q;+1/p-1/b18-9+;/t10-,14-;/m0./s1. The van der Waals surface area contributed by atoms with Crippen LogP contribution in [0.5, 0.6) is 0 Å². The van der Waals surface area contributed by atoms with Crippen molar-refractivity contribution in [3.8, 4) is 0 Å². The average molecular weight is 426 g/mol. The number of β-lactam (4-membered cyclic amide) rings is 1. The molecule has 2 atom stereocenters. The molecule has 1 N–H and O–H groups in total. The second kappa shape index (κ2) is 9.85. The molecule has 12 heteroatoms. The molecule has 27 heavy (non-hydrogen) atoms. The Balaban J connectivity index is 0.00000364. The quantitative estimate of drug-likeness (QED) is 0.0988. The molecule has 142 valence electrons. The number of benzene rings is 1. The minimum atomic E-state index is -4.63. The fraction of sp³-hybridized carbons (Fsp3) is 0.400. The summed E-state index contributed by atoms with van der Waals surface area (Å²) in [6, 6.07) is 4.94. The second-order valence-electron chi connectivity index (χ2n) is 5.59. The van der Waals surface area contributed by atoms with Crippen LogP contribution in [0.25, 0.3) is 0 Å². The van der Waals surface area contributed by atoms with Crippen molar-refractivity contribution >= 4 is 39.4 Å². The first kappa shape index (κ1) is 23.9. The van der Waals surface area contributed by atoms with Gasteiger partial charge in [-0.3, -0.25) is 14.3 Å². The van der Waals surface area contributed by atoms with Crippen molar-refractivity contribution in [3.63, 3.8) is 0 Å². The maximum absolute atomic E-state index is 11.8. The van der Waals surface area contributed by atoms with Gasteiger partial charge in [0.25, 0.3) is 5.91 Å². The Bertz CT molecular complexity index is 844. The molecule has 1 aromatic carbocycles. The first-order valence-corrected chi connectivity index (χ1v) is 9.35. The third kappa shape index (κ3) is 6.16. The van der Waals surface area contributed by atoms with Crippen molar-refractivity contribution in [2.75, 3.05) is 6.61 Å². The summed E-state index contributed by atoms with van der Waals surface area (Å²) in [7, 11) is -4.63. The molecule has 0 bridgehead atoms. The summed E-state index contributed by atoms with van der Waals surface area (Å²) in [5.74, 6) is -1.56. The van der Waals surface area contributed by atoms with Gasteiger partial charge in [0, 0.05) is 11.4 Å². The number of hydrogen-bond donors (Lipinski definition) is 1. The zero-order valence-corrected chi connectivity index (χ0v) is 18.6. The molecule has 1 fully saturated rings. The topological polar surface area (TPSA) is 132 Å². The van der Waals surface area contributed by atoms with Crippen molar-refractivity contribution in [1.82, 2.24) is 4.31 Å². The largest absolute Gasteiger partial charge is 1.00 e. The molecule has 0 radical (unpaired) electrons. The van der Waals surface area contributed by atoms with Crippen molar-refractivity contribution < 1.29 is 57.3 Å². The number of nitrogens with zero attached hydrogens (tertiary/aromatic N) is 3. The van der Waals surface area contributed by atoms with E-state index in [1.54, 1.807) is 31.2 Å². The average Bonchev–Trinajstić information content (AvgIpc) is 2.56. The SMILES string of the molecule is C/C(=N\OCCC([O-])=N[C@@H]1C(=O)N(S(=O)(=O)O)[C@H]1C)c1ccc(Cl)cc1.[Na+]. The van der Waals surface area contributed by atoms with Crippen LogP contribution >= 0.6 is 11.6 Å². The number of halogens is 1. The van der Waals surface area contributed by atoms with Crippen LogP contribution in [0.15, 0.2) is 34.4 Å². The van der Waals surface area contributed by atoms with E-state index in [9.17, 15) is 18.3 Å². The van der Waals surface area contributed by atoms with Crippen LogP contribution in [0.1, 0.15) is 25.8 Å². The Kier molecular flexibility index (Phi) is 8.71. The molecule has 1 saturated heterocycles. The molecule has 1 heterocycles. The van der Waals surface area contributed by atoms with E-state index in [1.807, 2.05) is 0 Å². The molecule has 2 rings (SSSR count). The van der Waals surface area contributed by atoms with Gasteiger partial charge < -0.3 is 9.94 Å². The molecular formula is C15H17ClN3NaO6S. The number of carbonyl (C=O) groups excluding carboxylic acids is 1. The van der Waals surface area contributed by atoms with Crippen LogP contribution in [-0.4, -0.2) is 53.5 Å². The molecule has 0 unspecified atom stereocenters. The summed E-state index contributed by atoms with van der Waals surface area (Å²) in [4.78, 5) is 20.3. The van der Waals surface area contributed by atoms with Crippen LogP contribution in [-0.2, 0) is 19.9 Å². The number of aliphatic imine (C=N–C) groups is 1. The first-order chi connectivity index (χ1) is 12.1. The van der Waals surface area contributed by atoms with Gasteiger partial charge in [-0.1, -0.05) is 28.9 Å². The van der Waals surface area contributed by atoms with Gasteiger partial charge in [-0.2, -0.15) is 8.42 Å². The van der Waals surface area contributed by atoms with Crippen molar-refractivity contribution in [2.45, 2.75) is 32.4 Å². The Labute approximate surface area is 184 Å². The van der Waals surface area contributed by atoms with Crippen molar-refractivity contribution in [2.24, 2.45) is 10.1 Å².